The normalized spacial score (nSPS) is 10.5. The van der Waals surface area contributed by atoms with Crippen LogP contribution in [0.4, 0.5) is 10.5 Å². The number of hydrogen-bond donors (Lipinski definition) is 2. The van der Waals surface area contributed by atoms with Crippen LogP contribution in [0.15, 0.2) is 60.0 Å². The molecule has 0 saturated heterocycles. The number of aromatic nitrogens is 2. The van der Waals surface area contributed by atoms with Crippen LogP contribution in [0.25, 0.3) is 5.69 Å². The predicted octanol–water partition coefficient (Wildman–Crippen LogP) is 4.24. The number of imide groups is 1. The Kier molecular flexibility index (Phi) is 6.16. The van der Waals surface area contributed by atoms with Gasteiger partial charge in [-0.2, -0.15) is 0 Å². The third kappa shape index (κ3) is 4.80. The van der Waals surface area contributed by atoms with Gasteiger partial charge in [-0.1, -0.05) is 36.0 Å². The van der Waals surface area contributed by atoms with Gasteiger partial charge >= 0.3 is 6.03 Å². The number of rotatable bonds is 5. The number of anilines is 1. The van der Waals surface area contributed by atoms with E-state index < -0.39 is 6.03 Å². The first-order valence-electron chi connectivity index (χ1n) is 8.84. The Labute approximate surface area is 168 Å². The van der Waals surface area contributed by atoms with E-state index in [0.717, 1.165) is 22.4 Å². The minimum atomic E-state index is -0.540. The Morgan fingerprint density at radius 1 is 1.11 bits per heavy atom. The first-order chi connectivity index (χ1) is 13.4. The maximum Gasteiger partial charge on any atom is 0.325 e. The van der Waals surface area contributed by atoms with Crippen LogP contribution in [0, 0.1) is 20.8 Å². The fourth-order valence-corrected chi connectivity index (χ4v) is 3.48. The molecule has 2 aromatic carbocycles. The van der Waals surface area contributed by atoms with E-state index in [-0.39, 0.29) is 11.7 Å². The number of thioether (sulfide) groups is 1. The molecule has 6 nitrogen and oxygen atoms in total. The van der Waals surface area contributed by atoms with E-state index in [1.165, 1.54) is 11.8 Å². The standard InChI is InChI=1S/C21H22N4O2S/c1-14-6-4-8-17(12-14)25-11-10-22-21(25)28-13-19(26)24-20(27)23-18-9-5-7-15(2)16(18)3/h4-12H,13H2,1-3H3,(H2,23,24,26,27). The lowest BCUT2D eigenvalue weighted by molar-refractivity contribution is -0.117. The van der Waals surface area contributed by atoms with Crippen LogP contribution in [-0.4, -0.2) is 27.2 Å². The number of carbonyl (C=O) groups is 2. The van der Waals surface area contributed by atoms with Gasteiger partial charge in [0.05, 0.1) is 5.75 Å². The second kappa shape index (κ2) is 8.75. The Hall–Kier alpha value is -3.06. The van der Waals surface area contributed by atoms with Gasteiger partial charge in [-0.15, -0.1) is 0 Å². The van der Waals surface area contributed by atoms with E-state index in [1.54, 1.807) is 12.3 Å². The topological polar surface area (TPSA) is 76.0 Å². The van der Waals surface area contributed by atoms with E-state index in [9.17, 15) is 9.59 Å². The van der Waals surface area contributed by atoms with Gasteiger partial charge in [0.2, 0.25) is 5.91 Å². The lowest BCUT2D eigenvalue weighted by Crippen LogP contribution is -2.35. The summed E-state index contributed by atoms with van der Waals surface area (Å²) in [4.78, 5) is 28.6. The number of imidazole rings is 1. The summed E-state index contributed by atoms with van der Waals surface area (Å²) in [5.41, 5.74) is 4.85. The third-order valence-electron chi connectivity index (χ3n) is 4.32. The number of hydrogen-bond acceptors (Lipinski definition) is 4. The second-order valence-electron chi connectivity index (χ2n) is 6.46. The van der Waals surface area contributed by atoms with Crippen molar-refractivity contribution in [1.82, 2.24) is 14.9 Å². The summed E-state index contributed by atoms with van der Waals surface area (Å²) in [5.74, 6) is -0.296. The molecule has 1 aromatic heterocycles. The number of nitrogens with zero attached hydrogens (tertiary/aromatic N) is 2. The van der Waals surface area contributed by atoms with Crippen LogP contribution in [0.3, 0.4) is 0 Å². The number of nitrogens with one attached hydrogen (secondary N) is 2. The number of carbonyl (C=O) groups excluding carboxylic acids is 2. The summed E-state index contributed by atoms with van der Waals surface area (Å²) in [7, 11) is 0. The molecule has 0 atom stereocenters. The Morgan fingerprint density at radius 3 is 2.68 bits per heavy atom. The molecule has 0 aliphatic heterocycles. The summed E-state index contributed by atoms with van der Waals surface area (Å²) < 4.78 is 1.92. The summed E-state index contributed by atoms with van der Waals surface area (Å²) >= 11 is 1.28. The number of benzene rings is 2. The van der Waals surface area contributed by atoms with Gasteiger partial charge in [0.1, 0.15) is 0 Å². The van der Waals surface area contributed by atoms with Crippen molar-refractivity contribution in [3.8, 4) is 5.69 Å². The third-order valence-corrected chi connectivity index (χ3v) is 5.29. The van der Waals surface area contributed by atoms with E-state index in [1.807, 2.05) is 67.9 Å². The van der Waals surface area contributed by atoms with Gasteiger partial charge in [0, 0.05) is 23.8 Å². The van der Waals surface area contributed by atoms with Crippen LogP contribution < -0.4 is 10.6 Å². The molecule has 0 aliphatic rings. The smallest absolute Gasteiger partial charge is 0.307 e. The number of aryl methyl sites for hydroxylation is 2. The van der Waals surface area contributed by atoms with Crippen LogP contribution in [0.1, 0.15) is 16.7 Å². The first kappa shape index (κ1) is 19.7. The number of amides is 3. The highest BCUT2D eigenvalue weighted by Gasteiger charge is 2.13. The van der Waals surface area contributed by atoms with Gasteiger partial charge in [-0.05, 0) is 55.7 Å². The molecule has 0 fully saturated rings. The van der Waals surface area contributed by atoms with Crippen molar-refractivity contribution >= 4 is 29.4 Å². The Bertz CT molecular complexity index is 1010. The predicted molar refractivity (Wildman–Crippen MR) is 112 cm³/mol. The van der Waals surface area contributed by atoms with Crippen LogP contribution in [0.2, 0.25) is 0 Å². The van der Waals surface area contributed by atoms with E-state index in [2.05, 4.69) is 15.6 Å². The Morgan fingerprint density at radius 2 is 1.89 bits per heavy atom. The molecule has 3 rings (SSSR count). The Balaban J connectivity index is 1.57. The maximum absolute atomic E-state index is 12.2. The molecule has 0 radical (unpaired) electrons. The molecule has 144 valence electrons. The van der Waals surface area contributed by atoms with E-state index in [0.29, 0.717) is 10.8 Å². The average Bonchev–Trinajstić information content (AvgIpc) is 3.12. The molecular formula is C21H22N4O2S. The zero-order chi connectivity index (χ0) is 20.1. The molecule has 3 aromatic rings. The van der Waals surface area contributed by atoms with Crippen molar-refractivity contribution in [2.75, 3.05) is 11.1 Å². The van der Waals surface area contributed by atoms with Crippen molar-refractivity contribution in [2.24, 2.45) is 0 Å². The summed E-state index contributed by atoms with van der Waals surface area (Å²) in [6, 6.07) is 13.1. The molecule has 3 amide bonds. The lowest BCUT2D eigenvalue weighted by Gasteiger charge is -2.11. The first-order valence-corrected chi connectivity index (χ1v) is 9.83. The van der Waals surface area contributed by atoms with Gasteiger partial charge in [-0.25, -0.2) is 9.78 Å². The molecular weight excluding hydrogens is 372 g/mol. The molecule has 1 heterocycles. The van der Waals surface area contributed by atoms with Gasteiger partial charge in [-0.3, -0.25) is 14.7 Å². The molecule has 0 saturated carbocycles. The van der Waals surface area contributed by atoms with Crippen LogP contribution >= 0.6 is 11.8 Å². The average molecular weight is 395 g/mol. The van der Waals surface area contributed by atoms with Crippen molar-refractivity contribution in [1.29, 1.82) is 0 Å². The fourth-order valence-electron chi connectivity index (χ4n) is 2.70. The van der Waals surface area contributed by atoms with E-state index >= 15 is 0 Å². The van der Waals surface area contributed by atoms with Crippen molar-refractivity contribution in [3.05, 3.63) is 71.5 Å². The summed E-state index contributed by atoms with van der Waals surface area (Å²) in [5, 5.41) is 5.77. The van der Waals surface area contributed by atoms with E-state index in [4.69, 9.17) is 0 Å². The molecule has 0 bridgehead atoms. The molecule has 0 unspecified atom stereocenters. The quantitative estimate of drug-likeness (QED) is 0.635. The minimum absolute atomic E-state index is 0.0864. The van der Waals surface area contributed by atoms with Gasteiger partial charge < -0.3 is 5.32 Å². The molecule has 7 heteroatoms. The van der Waals surface area contributed by atoms with Gasteiger partial charge in [0.25, 0.3) is 0 Å². The SMILES string of the molecule is Cc1cccc(-n2ccnc2SCC(=O)NC(=O)Nc2cccc(C)c2C)c1. The lowest BCUT2D eigenvalue weighted by atomic mass is 10.1. The second-order valence-corrected chi connectivity index (χ2v) is 7.40. The maximum atomic E-state index is 12.2. The van der Waals surface area contributed by atoms with Crippen molar-refractivity contribution < 1.29 is 9.59 Å². The monoisotopic (exact) mass is 394 g/mol. The highest BCUT2D eigenvalue weighted by Crippen LogP contribution is 2.21. The highest BCUT2D eigenvalue weighted by molar-refractivity contribution is 7.99. The zero-order valence-electron chi connectivity index (χ0n) is 16.0. The summed E-state index contributed by atoms with van der Waals surface area (Å²) in [6.07, 6.45) is 3.54. The number of urea groups is 1. The van der Waals surface area contributed by atoms with Crippen molar-refractivity contribution in [2.45, 2.75) is 25.9 Å². The summed E-state index contributed by atoms with van der Waals surface area (Å²) in [6.45, 7) is 5.92. The largest absolute Gasteiger partial charge is 0.325 e. The minimum Gasteiger partial charge on any atom is -0.307 e. The fraction of sp³-hybridized carbons (Fsp3) is 0.190. The molecule has 0 spiro atoms. The van der Waals surface area contributed by atoms with Gasteiger partial charge in [0.15, 0.2) is 5.16 Å². The molecule has 0 aliphatic carbocycles. The van der Waals surface area contributed by atoms with Crippen molar-refractivity contribution in [3.63, 3.8) is 0 Å². The highest BCUT2D eigenvalue weighted by atomic mass is 32.2. The van der Waals surface area contributed by atoms with Crippen LogP contribution in [-0.2, 0) is 4.79 Å². The molecule has 28 heavy (non-hydrogen) atoms. The van der Waals surface area contributed by atoms with Crippen LogP contribution in [0.5, 0.6) is 0 Å². The zero-order valence-corrected chi connectivity index (χ0v) is 16.8. The molecule has 2 N–H and O–H groups in total.